The highest BCUT2D eigenvalue weighted by atomic mass is 16.2. The van der Waals surface area contributed by atoms with Gasteiger partial charge < -0.3 is 14.4 Å². The van der Waals surface area contributed by atoms with Crippen LogP contribution >= 0.6 is 0 Å². The van der Waals surface area contributed by atoms with E-state index in [-0.39, 0.29) is 6.03 Å². The van der Waals surface area contributed by atoms with Crippen molar-refractivity contribution in [2.45, 2.75) is 33.1 Å². The van der Waals surface area contributed by atoms with Crippen molar-refractivity contribution in [3.05, 3.63) is 18.2 Å². The molecule has 1 saturated heterocycles. The van der Waals surface area contributed by atoms with Gasteiger partial charge in [0.1, 0.15) is 5.82 Å². The van der Waals surface area contributed by atoms with E-state index < -0.39 is 0 Å². The predicted molar refractivity (Wildman–Crippen MR) is 79.5 cm³/mol. The van der Waals surface area contributed by atoms with E-state index in [1.807, 2.05) is 43.1 Å². The van der Waals surface area contributed by atoms with E-state index in [0.29, 0.717) is 5.92 Å². The monoisotopic (exact) mass is 278 g/mol. The van der Waals surface area contributed by atoms with Crippen LogP contribution in [-0.4, -0.2) is 51.6 Å². The van der Waals surface area contributed by atoms with Crippen LogP contribution < -0.4 is 0 Å². The molecule has 0 spiro atoms. The van der Waals surface area contributed by atoms with Gasteiger partial charge in [0.05, 0.1) is 0 Å². The molecule has 20 heavy (non-hydrogen) atoms. The van der Waals surface area contributed by atoms with Crippen molar-refractivity contribution in [1.82, 2.24) is 19.4 Å². The number of hydrogen-bond donors (Lipinski definition) is 0. The first-order valence-corrected chi connectivity index (χ1v) is 7.65. The van der Waals surface area contributed by atoms with Crippen molar-refractivity contribution in [3.63, 3.8) is 0 Å². The smallest absolute Gasteiger partial charge is 0.319 e. The van der Waals surface area contributed by atoms with Crippen LogP contribution in [-0.2, 0) is 13.5 Å². The minimum absolute atomic E-state index is 0.194. The van der Waals surface area contributed by atoms with Crippen molar-refractivity contribution < 1.29 is 4.79 Å². The molecule has 0 bridgehead atoms. The molecule has 5 heteroatoms. The number of aromatic nitrogens is 2. The van der Waals surface area contributed by atoms with Gasteiger partial charge in [-0.3, -0.25) is 0 Å². The molecule has 1 atom stereocenters. The van der Waals surface area contributed by atoms with Gasteiger partial charge in [-0.25, -0.2) is 9.78 Å². The quantitative estimate of drug-likeness (QED) is 0.846. The first-order valence-electron chi connectivity index (χ1n) is 7.65. The van der Waals surface area contributed by atoms with Crippen LogP contribution in [0.1, 0.15) is 32.5 Å². The second-order valence-corrected chi connectivity index (χ2v) is 5.57. The molecule has 0 N–H and O–H groups in total. The number of likely N-dealkylation sites (tertiary alicyclic amines) is 1. The van der Waals surface area contributed by atoms with E-state index in [4.69, 9.17) is 0 Å². The summed E-state index contributed by atoms with van der Waals surface area (Å²) in [4.78, 5) is 20.7. The number of piperidine rings is 1. The fourth-order valence-electron chi connectivity index (χ4n) is 2.95. The topological polar surface area (TPSA) is 41.4 Å². The molecule has 1 aliphatic heterocycles. The Morgan fingerprint density at radius 2 is 2.20 bits per heavy atom. The first-order chi connectivity index (χ1) is 9.65. The lowest BCUT2D eigenvalue weighted by Gasteiger charge is -2.35. The molecule has 2 heterocycles. The zero-order chi connectivity index (χ0) is 14.5. The molecule has 1 aromatic heterocycles. The average molecular weight is 278 g/mol. The van der Waals surface area contributed by atoms with E-state index in [0.717, 1.165) is 44.8 Å². The molecule has 1 unspecified atom stereocenters. The van der Waals surface area contributed by atoms with Crippen LogP contribution in [0.25, 0.3) is 0 Å². The fourth-order valence-corrected chi connectivity index (χ4v) is 2.95. The molecule has 112 valence electrons. The van der Waals surface area contributed by atoms with Crippen molar-refractivity contribution >= 4 is 6.03 Å². The number of imidazole rings is 1. The highest BCUT2D eigenvalue weighted by molar-refractivity contribution is 5.74. The molecule has 0 saturated carbocycles. The number of aryl methyl sites for hydroxylation is 1. The van der Waals surface area contributed by atoms with Gasteiger partial charge in [0, 0.05) is 52.0 Å². The summed E-state index contributed by atoms with van der Waals surface area (Å²) in [5.74, 6) is 1.65. The average Bonchev–Trinajstić information content (AvgIpc) is 2.86. The molecule has 0 aliphatic carbocycles. The number of amides is 2. The van der Waals surface area contributed by atoms with Gasteiger partial charge in [0.15, 0.2) is 0 Å². The van der Waals surface area contributed by atoms with Gasteiger partial charge in [-0.05, 0) is 32.6 Å². The standard InChI is InChI=1S/C15H26N4O/c1-4-18(5-2)15(20)19-9-6-7-13(12-19)11-14-16-8-10-17(14)3/h8,10,13H,4-7,9,11-12H2,1-3H3. The third-order valence-electron chi connectivity index (χ3n) is 4.22. The molecular weight excluding hydrogens is 252 g/mol. The number of carbonyl (C=O) groups is 1. The second kappa shape index (κ2) is 6.77. The summed E-state index contributed by atoms with van der Waals surface area (Å²) in [6.07, 6.45) is 7.08. The summed E-state index contributed by atoms with van der Waals surface area (Å²) >= 11 is 0. The maximum atomic E-state index is 12.4. The zero-order valence-corrected chi connectivity index (χ0v) is 12.9. The number of hydrogen-bond acceptors (Lipinski definition) is 2. The lowest BCUT2D eigenvalue weighted by Crippen LogP contribution is -2.47. The van der Waals surface area contributed by atoms with Crippen LogP contribution in [0.2, 0.25) is 0 Å². The van der Waals surface area contributed by atoms with E-state index in [2.05, 4.69) is 9.55 Å². The molecule has 0 radical (unpaired) electrons. The Bertz CT molecular complexity index is 439. The Morgan fingerprint density at radius 3 is 2.80 bits per heavy atom. The number of carbonyl (C=O) groups excluding carboxylic acids is 1. The SMILES string of the molecule is CCN(CC)C(=O)N1CCCC(Cc2nccn2C)C1. The Balaban J connectivity index is 1.95. The van der Waals surface area contributed by atoms with Crippen LogP contribution in [0.5, 0.6) is 0 Å². The second-order valence-electron chi connectivity index (χ2n) is 5.57. The number of urea groups is 1. The van der Waals surface area contributed by atoms with E-state index in [9.17, 15) is 4.79 Å². The summed E-state index contributed by atoms with van der Waals surface area (Å²) in [5.41, 5.74) is 0. The minimum atomic E-state index is 0.194. The van der Waals surface area contributed by atoms with Crippen molar-refractivity contribution in [2.75, 3.05) is 26.2 Å². The maximum absolute atomic E-state index is 12.4. The Morgan fingerprint density at radius 1 is 1.45 bits per heavy atom. The van der Waals surface area contributed by atoms with Gasteiger partial charge >= 0.3 is 6.03 Å². The van der Waals surface area contributed by atoms with Crippen molar-refractivity contribution in [3.8, 4) is 0 Å². The fraction of sp³-hybridized carbons (Fsp3) is 0.733. The van der Waals surface area contributed by atoms with Crippen molar-refractivity contribution in [1.29, 1.82) is 0 Å². The lowest BCUT2D eigenvalue weighted by molar-refractivity contribution is 0.131. The van der Waals surface area contributed by atoms with Crippen LogP contribution in [0.4, 0.5) is 4.79 Å². The maximum Gasteiger partial charge on any atom is 0.319 e. The molecule has 5 nitrogen and oxygen atoms in total. The van der Waals surface area contributed by atoms with Gasteiger partial charge in [0.25, 0.3) is 0 Å². The third-order valence-corrected chi connectivity index (χ3v) is 4.22. The van der Waals surface area contributed by atoms with Gasteiger partial charge in [-0.15, -0.1) is 0 Å². The summed E-state index contributed by atoms with van der Waals surface area (Å²) in [7, 11) is 2.03. The summed E-state index contributed by atoms with van der Waals surface area (Å²) in [5, 5.41) is 0. The summed E-state index contributed by atoms with van der Waals surface area (Å²) in [6, 6.07) is 0.194. The molecule has 1 aromatic rings. The van der Waals surface area contributed by atoms with E-state index in [1.54, 1.807) is 0 Å². The highest BCUT2D eigenvalue weighted by Crippen LogP contribution is 2.21. The third kappa shape index (κ3) is 3.32. The van der Waals surface area contributed by atoms with E-state index >= 15 is 0 Å². The predicted octanol–water partition coefficient (Wildman–Crippen LogP) is 2.14. The highest BCUT2D eigenvalue weighted by Gasteiger charge is 2.26. The minimum Gasteiger partial charge on any atom is -0.338 e. The van der Waals surface area contributed by atoms with Crippen LogP contribution in [0, 0.1) is 5.92 Å². The summed E-state index contributed by atoms with van der Waals surface area (Å²) < 4.78 is 2.07. The van der Waals surface area contributed by atoms with Gasteiger partial charge in [-0.1, -0.05) is 0 Å². The number of nitrogens with zero attached hydrogens (tertiary/aromatic N) is 4. The largest absolute Gasteiger partial charge is 0.338 e. The molecule has 1 fully saturated rings. The molecule has 2 amide bonds. The normalized spacial score (nSPS) is 19.1. The van der Waals surface area contributed by atoms with Crippen LogP contribution in [0.3, 0.4) is 0 Å². The zero-order valence-electron chi connectivity index (χ0n) is 12.9. The van der Waals surface area contributed by atoms with Gasteiger partial charge in [-0.2, -0.15) is 0 Å². The van der Waals surface area contributed by atoms with E-state index in [1.165, 1.54) is 6.42 Å². The molecule has 1 aliphatic rings. The molecular formula is C15H26N4O. The summed E-state index contributed by atoms with van der Waals surface area (Å²) in [6.45, 7) is 7.41. The van der Waals surface area contributed by atoms with Crippen molar-refractivity contribution in [2.24, 2.45) is 13.0 Å². The number of rotatable bonds is 4. The van der Waals surface area contributed by atoms with Gasteiger partial charge in [0.2, 0.25) is 0 Å². The Hall–Kier alpha value is -1.52. The first kappa shape index (κ1) is 14.9. The lowest BCUT2D eigenvalue weighted by atomic mass is 9.94. The Kier molecular flexibility index (Phi) is 5.04. The van der Waals surface area contributed by atoms with Crippen LogP contribution in [0.15, 0.2) is 12.4 Å². The Labute approximate surface area is 121 Å². The molecule has 2 rings (SSSR count). The molecule has 0 aromatic carbocycles.